The third-order valence-corrected chi connectivity index (χ3v) is 9.16. The van der Waals surface area contributed by atoms with E-state index in [1.165, 1.54) is 37.8 Å². The van der Waals surface area contributed by atoms with E-state index >= 15 is 0 Å². The second-order valence-corrected chi connectivity index (χ2v) is 12.8. The van der Waals surface area contributed by atoms with Gasteiger partial charge in [0.1, 0.15) is 25.4 Å². The predicted octanol–water partition coefficient (Wildman–Crippen LogP) is 7.71. The van der Waals surface area contributed by atoms with Crippen molar-refractivity contribution >= 4 is 41.7 Å². The summed E-state index contributed by atoms with van der Waals surface area (Å²) in [5.41, 5.74) is 2.19. The van der Waals surface area contributed by atoms with Crippen LogP contribution in [0.3, 0.4) is 0 Å². The Kier molecular flexibility index (Phi) is 8.33. The van der Waals surface area contributed by atoms with Crippen LogP contribution in [0, 0.1) is 29.0 Å². The lowest BCUT2D eigenvalue weighted by atomic mass is 9.69. The largest absolute Gasteiger partial charge is 0.381 e. The first-order valence-corrected chi connectivity index (χ1v) is 15.7. The molecule has 43 heavy (non-hydrogen) atoms. The molecule has 2 aliphatic rings. The molecule has 2 aromatic carbocycles. The fraction of sp³-hybridized carbons (Fsp3) is 0.455. The molecule has 2 saturated carbocycles. The number of hydrogen-bond donors (Lipinski definition) is 2. The summed E-state index contributed by atoms with van der Waals surface area (Å²) in [7, 11) is 7.09. The van der Waals surface area contributed by atoms with Crippen molar-refractivity contribution in [2.45, 2.75) is 82.7 Å². The maximum Gasteiger partial charge on any atom is 0.123 e. The Morgan fingerprint density at radius 3 is 2.70 bits per heavy atom. The molecule has 0 bridgehead atoms. The quantitative estimate of drug-likeness (QED) is 0.182. The molecule has 2 aromatic heterocycles. The Labute approximate surface area is 258 Å². The maximum absolute atomic E-state index is 13.9. The lowest BCUT2D eigenvalue weighted by Crippen LogP contribution is -2.37. The number of rotatable bonds is 10. The fourth-order valence-corrected chi connectivity index (χ4v) is 6.84. The average Bonchev–Trinajstić information content (AvgIpc) is 3.72. The summed E-state index contributed by atoms with van der Waals surface area (Å²) in [5, 5.41) is 27.2. The first-order chi connectivity index (χ1) is 20.8. The van der Waals surface area contributed by atoms with Gasteiger partial charge in [-0.3, -0.25) is 4.98 Å². The highest BCUT2D eigenvalue weighted by molar-refractivity contribution is 6.36. The molecule has 0 amide bonds. The van der Waals surface area contributed by atoms with Crippen LogP contribution in [0.5, 0.6) is 0 Å². The summed E-state index contributed by atoms with van der Waals surface area (Å²) < 4.78 is 15.7. The second kappa shape index (κ2) is 12.2. The average molecular weight is 596 g/mol. The van der Waals surface area contributed by atoms with Crippen molar-refractivity contribution in [3.63, 3.8) is 0 Å². The molecule has 0 saturated heterocycles. The second-order valence-electron chi connectivity index (χ2n) is 12.4. The zero-order valence-electron chi connectivity index (χ0n) is 24.7. The Morgan fingerprint density at radius 1 is 1.19 bits per heavy atom. The Bertz CT molecular complexity index is 1650. The summed E-state index contributed by atoms with van der Waals surface area (Å²) in [6.07, 6.45) is 12.5. The van der Waals surface area contributed by atoms with Gasteiger partial charge in [0.05, 0.1) is 39.5 Å². The lowest BCUT2D eigenvalue weighted by Gasteiger charge is -2.35. The molecule has 4 aromatic rings. The minimum Gasteiger partial charge on any atom is -0.381 e. The normalized spacial score (nSPS) is 21.7. The molecule has 10 heteroatoms. The molecule has 4 unspecified atom stereocenters. The van der Waals surface area contributed by atoms with Gasteiger partial charge in [0.2, 0.25) is 0 Å². The topological polar surface area (TPSA) is 91.5 Å². The van der Waals surface area contributed by atoms with Gasteiger partial charge in [-0.15, -0.1) is 5.10 Å². The van der Waals surface area contributed by atoms with Crippen LogP contribution >= 0.6 is 11.6 Å². The lowest BCUT2D eigenvalue weighted by molar-refractivity contribution is 0.248. The summed E-state index contributed by atoms with van der Waals surface area (Å²) in [5.74, 6) is 0.907. The SMILES string of the molecule is [B]C(Nc1cc(Cl)c2ncc(C#N)c(NC3CC(C)CC(CCCC)C3)c2c1)(c1ccc(F)cc1)c1cn(C2CC2)nn1. The molecule has 6 rings (SSSR count). The summed E-state index contributed by atoms with van der Waals surface area (Å²) in [6.45, 7) is 4.55. The van der Waals surface area contributed by atoms with E-state index < -0.39 is 5.44 Å². The Balaban J connectivity index is 1.39. The van der Waals surface area contributed by atoms with Crippen molar-refractivity contribution in [2.24, 2.45) is 11.8 Å². The number of halogens is 2. The van der Waals surface area contributed by atoms with Crippen LogP contribution in [0.2, 0.25) is 5.02 Å². The zero-order chi connectivity index (χ0) is 30.1. The van der Waals surface area contributed by atoms with E-state index in [0.29, 0.717) is 50.9 Å². The molecule has 2 heterocycles. The van der Waals surface area contributed by atoms with Gasteiger partial charge in [0, 0.05) is 23.3 Å². The van der Waals surface area contributed by atoms with Crippen molar-refractivity contribution in [1.29, 1.82) is 5.26 Å². The van der Waals surface area contributed by atoms with Crippen molar-refractivity contribution < 1.29 is 4.39 Å². The van der Waals surface area contributed by atoms with Crippen LogP contribution in [0.15, 0.2) is 48.8 Å². The first kappa shape index (κ1) is 29.4. The minimum absolute atomic E-state index is 0.240. The number of unbranched alkanes of at least 4 members (excludes halogenated alkanes) is 1. The van der Waals surface area contributed by atoms with Gasteiger partial charge in [-0.1, -0.05) is 62.1 Å². The number of nitriles is 1. The van der Waals surface area contributed by atoms with Gasteiger partial charge in [0.15, 0.2) is 0 Å². The third-order valence-electron chi connectivity index (χ3n) is 8.88. The number of fused-ring (bicyclic) bond motifs is 1. The number of hydrogen-bond acceptors (Lipinski definition) is 6. The number of nitrogens with zero attached hydrogens (tertiary/aromatic N) is 5. The molecule has 7 nitrogen and oxygen atoms in total. The van der Waals surface area contributed by atoms with Gasteiger partial charge in [-0.25, -0.2) is 9.07 Å². The van der Waals surface area contributed by atoms with E-state index in [0.717, 1.165) is 36.8 Å². The highest BCUT2D eigenvalue weighted by Gasteiger charge is 2.34. The Morgan fingerprint density at radius 2 is 1.98 bits per heavy atom. The summed E-state index contributed by atoms with van der Waals surface area (Å²) in [4.78, 5) is 4.55. The standard InChI is InChI=1S/C33H36BClFN7/c1-3-4-5-21-12-20(2)13-25(14-21)39-31-22(17-37)18-38-32-28(31)15-26(16-29(32)35)40-33(34,23-6-8-24(36)9-7-23)30-19-43(42-41-30)27-10-11-27/h6-9,15-16,18-21,25,27,40H,3-5,10-14H2,1-2H3,(H,38,39). The highest BCUT2D eigenvalue weighted by atomic mass is 35.5. The highest BCUT2D eigenvalue weighted by Crippen LogP contribution is 2.40. The molecule has 2 fully saturated rings. The molecule has 2 radical (unpaired) electrons. The number of aromatic nitrogens is 4. The molecular formula is C33H36BClFN7. The van der Waals surface area contributed by atoms with Crippen LogP contribution in [0.1, 0.15) is 88.1 Å². The van der Waals surface area contributed by atoms with Crippen molar-refractivity contribution in [3.8, 4) is 6.07 Å². The van der Waals surface area contributed by atoms with Gasteiger partial charge in [-0.05, 0) is 73.8 Å². The molecule has 0 spiro atoms. The number of benzene rings is 2. The van der Waals surface area contributed by atoms with Crippen LogP contribution in [-0.2, 0) is 5.44 Å². The van der Waals surface area contributed by atoms with Crippen molar-refractivity contribution in [1.82, 2.24) is 20.0 Å². The molecule has 2 aliphatic carbocycles. The van der Waals surface area contributed by atoms with Crippen molar-refractivity contribution in [3.05, 3.63) is 76.5 Å². The van der Waals surface area contributed by atoms with E-state index in [9.17, 15) is 9.65 Å². The first-order valence-electron chi connectivity index (χ1n) is 15.3. The van der Waals surface area contributed by atoms with Crippen LogP contribution in [-0.4, -0.2) is 33.9 Å². The summed E-state index contributed by atoms with van der Waals surface area (Å²) in [6, 6.07) is 12.6. The van der Waals surface area contributed by atoms with Gasteiger partial charge >= 0.3 is 0 Å². The van der Waals surface area contributed by atoms with Crippen LogP contribution in [0.4, 0.5) is 15.8 Å². The van der Waals surface area contributed by atoms with Gasteiger partial charge < -0.3 is 10.6 Å². The molecule has 220 valence electrons. The summed E-state index contributed by atoms with van der Waals surface area (Å²) >= 11 is 6.84. The van der Waals surface area contributed by atoms with Gasteiger partial charge in [0.25, 0.3) is 0 Å². The molecule has 2 N–H and O–H groups in total. The van der Waals surface area contributed by atoms with Gasteiger partial charge in [-0.2, -0.15) is 5.26 Å². The zero-order valence-corrected chi connectivity index (χ0v) is 25.4. The molecular weight excluding hydrogens is 560 g/mol. The monoisotopic (exact) mass is 595 g/mol. The van der Waals surface area contributed by atoms with E-state index in [4.69, 9.17) is 19.4 Å². The fourth-order valence-electron chi connectivity index (χ4n) is 6.57. The predicted molar refractivity (Wildman–Crippen MR) is 170 cm³/mol. The third kappa shape index (κ3) is 6.21. The smallest absolute Gasteiger partial charge is 0.123 e. The Hall–Kier alpha value is -3.64. The van der Waals surface area contributed by atoms with E-state index in [1.54, 1.807) is 24.4 Å². The molecule has 4 atom stereocenters. The van der Waals surface area contributed by atoms with Crippen molar-refractivity contribution in [2.75, 3.05) is 10.6 Å². The van der Waals surface area contributed by atoms with E-state index in [2.05, 4.69) is 45.8 Å². The van der Waals surface area contributed by atoms with E-state index in [-0.39, 0.29) is 11.9 Å². The number of anilines is 2. The van der Waals surface area contributed by atoms with Crippen LogP contribution in [0.25, 0.3) is 10.9 Å². The number of nitrogens with one attached hydrogen (secondary N) is 2. The number of pyridine rings is 1. The van der Waals surface area contributed by atoms with E-state index in [1.807, 2.05) is 16.9 Å². The molecule has 0 aliphatic heterocycles. The minimum atomic E-state index is -1.34. The maximum atomic E-state index is 13.9. The van der Waals surface area contributed by atoms with Crippen LogP contribution < -0.4 is 10.6 Å².